The maximum Gasteiger partial charge on any atom is 0.326 e. The summed E-state index contributed by atoms with van der Waals surface area (Å²) in [5.74, 6) is 1.06. The van der Waals surface area contributed by atoms with E-state index in [1.165, 1.54) is 19.6 Å². The van der Waals surface area contributed by atoms with E-state index in [1.54, 1.807) is 109 Å². The zero-order chi connectivity index (χ0) is 68.2. The number of rotatable bonds is 25. The first kappa shape index (κ1) is 70.2. The SMILES string of the molecule is COc1ccc(C2=NC(c3ccc(Cl)cc3)C(c3ccc(Cl)cc3)N2C(=O)N2CCN(CC(=O)NCCOCCOCCNC(=O)CN3CCN(C(=O)N4C(c5ccc(OC)cc5OC(C)C)=NC(c5ccc(Cl)cc5)C4c4ccc(Cl)cc4)CC3=O)C(=O)C2)c(OC(C)C)c1. The minimum absolute atomic E-state index is 0.0984. The number of carbonyl (C=O) groups excluding carboxylic acids is 6. The normalized spacial score (nSPS) is 18.0. The summed E-state index contributed by atoms with van der Waals surface area (Å²) in [4.78, 5) is 104. The van der Waals surface area contributed by atoms with Crippen LogP contribution < -0.4 is 29.6 Å². The molecule has 0 spiro atoms. The summed E-state index contributed by atoms with van der Waals surface area (Å²) < 4.78 is 35.1. The number of hydrogen-bond donors (Lipinski definition) is 2. The van der Waals surface area contributed by atoms with Crippen LogP contribution in [0.25, 0.3) is 0 Å². The van der Waals surface area contributed by atoms with Crippen molar-refractivity contribution in [3.05, 3.63) is 187 Å². The number of carbonyl (C=O) groups is 6. The fourth-order valence-corrected chi connectivity index (χ4v) is 12.2. The Hall–Kier alpha value is -8.64. The third kappa shape index (κ3) is 17.1. The van der Waals surface area contributed by atoms with Gasteiger partial charge >= 0.3 is 12.1 Å². The number of amidine groups is 2. The van der Waals surface area contributed by atoms with Crippen molar-refractivity contribution >= 4 is 93.8 Å². The van der Waals surface area contributed by atoms with Crippen molar-refractivity contribution < 1.29 is 57.2 Å². The number of nitrogens with zero attached hydrogens (tertiary/aromatic N) is 8. The van der Waals surface area contributed by atoms with E-state index in [9.17, 15) is 19.2 Å². The number of amides is 8. The first-order chi connectivity index (χ1) is 46.3. The summed E-state index contributed by atoms with van der Waals surface area (Å²) in [6, 6.07) is 36.2. The molecule has 26 heteroatoms. The highest BCUT2D eigenvalue weighted by Crippen LogP contribution is 2.48. The Bertz CT molecular complexity index is 3580. The van der Waals surface area contributed by atoms with E-state index in [4.69, 9.17) is 84.8 Å². The van der Waals surface area contributed by atoms with Gasteiger partial charge in [0, 0.05) is 71.5 Å². The lowest BCUT2D eigenvalue weighted by Crippen LogP contribution is -2.57. The molecule has 96 heavy (non-hydrogen) atoms. The van der Waals surface area contributed by atoms with Crippen molar-refractivity contribution in [1.82, 2.24) is 40.0 Å². The molecule has 4 aliphatic rings. The van der Waals surface area contributed by atoms with Crippen molar-refractivity contribution in [2.24, 2.45) is 9.98 Å². The van der Waals surface area contributed by atoms with Gasteiger partial charge in [-0.2, -0.15) is 0 Å². The predicted octanol–water partition coefficient (Wildman–Crippen LogP) is 10.5. The highest BCUT2D eigenvalue weighted by molar-refractivity contribution is 6.31. The summed E-state index contributed by atoms with van der Waals surface area (Å²) >= 11 is 25.5. The van der Waals surface area contributed by atoms with Crippen molar-refractivity contribution in [3.63, 3.8) is 0 Å². The number of benzene rings is 6. The molecular weight excluding hydrogens is 1310 g/mol. The molecule has 4 aliphatic heterocycles. The molecule has 4 unspecified atom stereocenters. The van der Waals surface area contributed by atoms with Gasteiger partial charge in [-0.1, -0.05) is 94.9 Å². The lowest BCUT2D eigenvalue weighted by molar-refractivity contribution is -0.139. The number of aliphatic imine (C=N–C) groups is 2. The topological polar surface area (TPSA) is 226 Å². The van der Waals surface area contributed by atoms with E-state index < -0.39 is 59.9 Å². The maximum atomic E-state index is 15.1. The van der Waals surface area contributed by atoms with Gasteiger partial charge in [0.1, 0.15) is 59.8 Å². The average Bonchev–Trinajstić information content (AvgIpc) is 1.60. The van der Waals surface area contributed by atoms with E-state index >= 15 is 9.59 Å². The molecule has 6 aromatic carbocycles. The second-order valence-corrected chi connectivity index (χ2v) is 25.4. The summed E-state index contributed by atoms with van der Waals surface area (Å²) in [6.07, 6.45) is -0.469. The maximum absolute atomic E-state index is 15.1. The van der Waals surface area contributed by atoms with Crippen LogP contribution in [0.2, 0.25) is 20.1 Å². The van der Waals surface area contributed by atoms with Crippen LogP contribution in [0, 0.1) is 0 Å². The fraction of sp³-hybridized carbons (Fsp3) is 0.371. The molecule has 6 aromatic rings. The molecular formula is C70H76Cl4N10O12. The van der Waals surface area contributed by atoms with Crippen LogP contribution in [0.3, 0.4) is 0 Å². The number of halogens is 4. The van der Waals surface area contributed by atoms with Gasteiger partial charge in [0.25, 0.3) is 0 Å². The molecule has 2 N–H and O–H groups in total. The number of ether oxygens (including phenoxy) is 6. The van der Waals surface area contributed by atoms with Crippen LogP contribution in [0.4, 0.5) is 9.59 Å². The van der Waals surface area contributed by atoms with E-state index in [0.29, 0.717) is 65.9 Å². The minimum atomic E-state index is -0.683. The van der Waals surface area contributed by atoms with Gasteiger partial charge in [0.15, 0.2) is 0 Å². The van der Waals surface area contributed by atoms with Gasteiger partial charge < -0.3 is 58.7 Å². The molecule has 22 nitrogen and oxygen atoms in total. The van der Waals surface area contributed by atoms with Gasteiger partial charge in [-0.25, -0.2) is 9.59 Å². The summed E-state index contributed by atoms with van der Waals surface area (Å²) in [6.45, 7) is 8.08. The molecule has 0 aromatic heterocycles. The van der Waals surface area contributed by atoms with Crippen LogP contribution in [-0.4, -0.2) is 195 Å². The van der Waals surface area contributed by atoms with Gasteiger partial charge in [0.05, 0.1) is 89.2 Å². The van der Waals surface area contributed by atoms with Crippen molar-refractivity contribution in [2.45, 2.75) is 64.1 Å². The van der Waals surface area contributed by atoms with Crippen LogP contribution in [-0.2, 0) is 28.7 Å². The Balaban J connectivity index is 0.667. The first-order valence-corrected chi connectivity index (χ1v) is 33.1. The molecule has 506 valence electrons. The minimum Gasteiger partial charge on any atom is -0.497 e. The van der Waals surface area contributed by atoms with Crippen LogP contribution in [0.1, 0.15) is 85.2 Å². The Morgan fingerprint density at radius 3 is 1.15 bits per heavy atom. The lowest BCUT2D eigenvalue weighted by Gasteiger charge is -2.38. The largest absolute Gasteiger partial charge is 0.497 e. The highest BCUT2D eigenvalue weighted by atomic mass is 35.5. The lowest BCUT2D eigenvalue weighted by atomic mass is 9.93. The fourth-order valence-electron chi connectivity index (χ4n) is 11.7. The zero-order valence-corrected chi connectivity index (χ0v) is 57.1. The predicted molar refractivity (Wildman–Crippen MR) is 366 cm³/mol. The van der Waals surface area contributed by atoms with E-state index in [0.717, 1.165) is 22.3 Å². The van der Waals surface area contributed by atoms with E-state index in [2.05, 4.69) is 10.6 Å². The quantitative estimate of drug-likeness (QED) is 0.0511. The van der Waals surface area contributed by atoms with Crippen molar-refractivity contribution in [1.29, 1.82) is 0 Å². The molecule has 0 saturated carbocycles. The Labute approximate surface area is 577 Å². The first-order valence-electron chi connectivity index (χ1n) is 31.6. The second-order valence-electron chi connectivity index (χ2n) is 23.7. The smallest absolute Gasteiger partial charge is 0.326 e. The van der Waals surface area contributed by atoms with Crippen LogP contribution >= 0.6 is 46.4 Å². The molecule has 4 heterocycles. The van der Waals surface area contributed by atoms with Crippen molar-refractivity contribution in [3.8, 4) is 23.0 Å². The van der Waals surface area contributed by atoms with Gasteiger partial charge in [0.2, 0.25) is 23.6 Å². The number of piperazine rings is 2. The van der Waals surface area contributed by atoms with Gasteiger partial charge in [-0.05, 0) is 123 Å². The number of urea groups is 2. The molecule has 8 amide bonds. The van der Waals surface area contributed by atoms with E-state index in [1.807, 2.05) is 76.2 Å². The Morgan fingerprint density at radius 1 is 0.479 bits per heavy atom. The molecule has 10 rings (SSSR count). The van der Waals surface area contributed by atoms with Crippen LogP contribution in [0.5, 0.6) is 23.0 Å². The summed E-state index contributed by atoms with van der Waals surface area (Å²) in [5.41, 5.74) is 4.19. The van der Waals surface area contributed by atoms with Gasteiger partial charge in [-0.3, -0.25) is 39.0 Å². The van der Waals surface area contributed by atoms with Crippen LogP contribution in [0.15, 0.2) is 143 Å². The number of hydrogen-bond acceptors (Lipinski definition) is 14. The standard InChI is InChI=1S/C70H76Cl4N10O12/c1-43(2)95-57-37-53(91-5)23-25-55(57)67-77-63(45-7-15-49(71)16-8-45)65(47-11-19-51(73)20-12-47)83(67)69(89)81-31-29-79(61(87)41-81)39-59(85)75-27-33-93-35-36-94-34-28-76-60(86)40-80-30-32-82(42-62(80)88)70(90)84-66(48-13-21-52(74)22-14-48)64(46-9-17-50(72)18-10-46)78-68(84)56-26-24-54(92-6)38-58(56)96-44(3)4/h7-26,37-38,43-44,63-66H,27-36,39-42H2,1-6H3,(H,75,85)(H,76,86). The Morgan fingerprint density at radius 2 is 0.823 bits per heavy atom. The summed E-state index contributed by atoms with van der Waals surface area (Å²) in [7, 11) is 3.12. The molecule has 2 fully saturated rings. The molecule has 2 saturated heterocycles. The molecule has 4 atom stereocenters. The number of nitrogens with one attached hydrogen (secondary N) is 2. The Kier molecular flexibility index (Phi) is 23.7. The zero-order valence-electron chi connectivity index (χ0n) is 54.1. The third-order valence-corrected chi connectivity index (χ3v) is 17.3. The van der Waals surface area contributed by atoms with Gasteiger partial charge in [-0.15, -0.1) is 0 Å². The third-order valence-electron chi connectivity index (χ3n) is 16.3. The second kappa shape index (κ2) is 32.4. The monoisotopic (exact) mass is 1390 g/mol. The average molecular weight is 1390 g/mol. The molecule has 0 radical (unpaired) electrons. The molecule has 0 bridgehead atoms. The van der Waals surface area contributed by atoms with E-state index in [-0.39, 0.29) is 104 Å². The van der Waals surface area contributed by atoms with Crippen molar-refractivity contribution in [2.75, 3.05) is 106 Å². The molecule has 0 aliphatic carbocycles. The highest BCUT2D eigenvalue weighted by Gasteiger charge is 2.48. The summed E-state index contributed by atoms with van der Waals surface area (Å²) in [5, 5.41) is 7.69. The number of methoxy groups -OCH3 is 2.